The standard InChI is InChI=1S/C11H16O5/c1-4-6-7-15-11(14)10(8(3)12)16-9(13)5-2/h5,10H,2,4,6-7H2,1,3H3. The van der Waals surface area contributed by atoms with E-state index in [1.807, 2.05) is 6.92 Å². The Labute approximate surface area is 94.4 Å². The largest absolute Gasteiger partial charge is 0.463 e. The maximum absolute atomic E-state index is 11.4. The lowest BCUT2D eigenvalue weighted by molar-refractivity contribution is -0.168. The van der Waals surface area contributed by atoms with Gasteiger partial charge in [-0.1, -0.05) is 19.9 Å². The molecule has 1 unspecified atom stereocenters. The molecule has 0 aromatic carbocycles. The van der Waals surface area contributed by atoms with Gasteiger partial charge in [-0.2, -0.15) is 0 Å². The molecule has 0 aliphatic carbocycles. The van der Waals surface area contributed by atoms with Crippen molar-refractivity contribution in [1.29, 1.82) is 0 Å². The monoisotopic (exact) mass is 228 g/mol. The minimum absolute atomic E-state index is 0.213. The predicted octanol–water partition coefficient (Wildman–Crippen LogP) is 1.02. The summed E-state index contributed by atoms with van der Waals surface area (Å²) in [4.78, 5) is 33.3. The molecule has 0 bridgehead atoms. The number of hydrogen-bond donors (Lipinski definition) is 0. The quantitative estimate of drug-likeness (QED) is 0.281. The fraction of sp³-hybridized carbons (Fsp3) is 0.545. The average molecular weight is 228 g/mol. The first-order valence-electron chi connectivity index (χ1n) is 5.03. The Morgan fingerprint density at radius 1 is 1.38 bits per heavy atom. The number of ketones is 1. The van der Waals surface area contributed by atoms with Crippen LogP contribution in [0.2, 0.25) is 0 Å². The van der Waals surface area contributed by atoms with Crippen LogP contribution in [-0.2, 0) is 23.9 Å². The SMILES string of the molecule is C=CC(=O)OC(C(C)=O)C(=O)OCCCC. The number of ether oxygens (including phenoxy) is 2. The molecule has 0 radical (unpaired) electrons. The number of carbonyl (C=O) groups is 3. The molecule has 0 N–H and O–H groups in total. The second kappa shape index (κ2) is 7.62. The summed E-state index contributed by atoms with van der Waals surface area (Å²) in [5.74, 6) is -2.24. The summed E-state index contributed by atoms with van der Waals surface area (Å²) in [5.41, 5.74) is 0. The first kappa shape index (κ1) is 14.3. The summed E-state index contributed by atoms with van der Waals surface area (Å²) in [5, 5.41) is 0. The van der Waals surface area contributed by atoms with Crippen LogP contribution in [0, 0.1) is 0 Å². The van der Waals surface area contributed by atoms with Crippen molar-refractivity contribution in [2.45, 2.75) is 32.8 Å². The summed E-state index contributed by atoms with van der Waals surface area (Å²) >= 11 is 0. The fourth-order valence-corrected chi connectivity index (χ4v) is 0.854. The molecule has 0 rings (SSSR count). The molecule has 0 aromatic rings. The van der Waals surface area contributed by atoms with Gasteiger partial charge >= 0.3 is 11.9 Å². The van der Waals surface area contributed by atoms with Crippen molar-refractivity contribution in [3.05, 3.63) is 12.7 Å². The zero-order valence-corrected chi connectivity index (χ0v) is 9.52. The van der Waals surface area contributed by atoms with Crippen LogP contribution in [0.15, 0.2) is 12.7 Å². The Bertz CT molecular complexity index is 282. The smallest absolute Gasteiger partial charge is 0.355 e. The number of Topliss-reactive ketones (excluding diaryl/α,β-unsaturated/α-hetero) is 1. The van der Waals surface area contributed by atoms with Gasteiger partial charge in [-0.05, 0) is 13.3 Å². The van der Waals surface area contributed by atoms with E-state index in [0.717, 1.165) is 19.4 Å². The Morgan fingerprint density at radius 3 is 2.44 bits per heavy atom. The van der Waals surface area contributed by atoms with Gasteiger partial charge in [0.15, 0.2) is 5.78 Å². The highest BCUT2D eigenvalue weighted by Crippen LogP contribution is 2.00. The zero-order valence-electron chi connectivity index (χ0n) is 9.52. The molecule has 0 heterocycles. The van der Waals surface area contributed by atoms with Gasteiger partial charge in [0.25, 0.3) is 6.10 Å². The number of hydrogen-bond acceptors (Lipinski definition) is 5. The van der Waals surface area contributed by atoms with E-state index in [1.165, 1.54) is 0 Å². The number of carbonyl (C=O) groups excluding carboxylic acids is 3. The van der Waals surface area contributed by atoms with E-state index in [-0.39, 0.29) is 6.61 Å². The van der Waals surface area contributed by atoms with Crippen LogP contribution in [0.4, 0.5) is 0 Å². The summed E-state index contributed by atoms with van der Waals surface area (Å²) in [6, 6.07) is 0. The average Bonchev–Trinajstić information content (AvgIpc) is 2.25. The Hall–Kier alpha value is -1.65. The minimum Gasteiger partial charge on any atom is -0.463 e. The van der Waals surface area contributed by atoms with Crippen LogP contribution in [0.1, 0.15) is 26.7 Å². The van der Waals surface area contributed by atoms with Crippen LogP contribution in [0.5, 0.6) is 0 Å². The van der Waals surface area contributed by atoms with Crippen molar-refractivity contribution in [2.24, 2.45) is 0 Å². The fourth-order valence-electron chi connectivity index (χ4n) is 0.854. The molecule has 0 fully saturated rings. The molecule has 0 aliphatic rings. The van der Waals surface area contributed by atoms with E-state index in [0.29, 0.717) is 6.42 Å². The maximum atomic E-state index is 11.4. The van der Waals surface area contributed by atoms with Gasteiger partial charge in [0.2, 0.25) is 0 Å². The van der Waals surface area contributed by atoms with Gasteiger partial charge in [0.05, 0.1) is 6.61 Å². The maximum Gasteiger partial charge on any atom is 0.355 e. The van der Waals surface area contributed by atoms with E-state index in [4.69, 9.17) is 4.74 Å². The molecule has 0 aromatic heterocycles. The molecular weight excluding hydrogens is 212 g/mol. The van der Waals surface area contributed by atoms with Crippen molar-refractivity contribution < 1.29 is 23.9 Å². The van der Waals surface area contributed by atoms with Gasteiger partial charge < -0.3 is 9.47 Å². The highest BCUT2D eigenvalue weighted by Gasteiger charge is 2.28. The molecule has 16 heavy (non-hydrogen) atoms. The first-order chi connectivity index (χ1) is 7.52. The lowest BCUT2D eigenvalue weighted by Gasteiger charge is -2.12. The molecular formula is C11H16O5. The third-order valence-electron chi connectivity index (χ3n) is 1.73. The number of esters is 2. The highest BCUT2D eigenvalue weighted by molar-refractivity contribution is 6.03. The van der Waals surface area contributed by atoms with Crippen molar-refractivity contribution in [3.8, 4) is 0 Å². The Morgan fingerprint density at radius 2 is 2.00 bits per heavy atom. The lowest BCUT2D eigenvalue weighted by atomic mass is 10.2. The van der Waals surface area contributed by atoms with Gasteiger partial charge in [0.1, 0.15) is 0 Å². The zero-order chi connectivity index (χ0) is 12.6. The van der Waals surface area contributed by atoms with Gasteiger partial charge in [0, 0.05) is 6.08 Å². The van der Waals surface area contributed by atoms with E-state index >= 15 is 0 Å². The summed E-state index contributed by atoms with van der Waals surface area (Å²) in [7, 11) is 0. The molecule has 0 amide bonds. The van der Waals surface area contributed by atoms with Crippen molar-refractivity contribution >= 4 is 17.7 Å². The van der Waals surface area contributed by atoms with Gasteiger partial charge in [-0.25, -0.2) is 9.59 Å². The second-order valence-electron chi connectivity index (χ2n) is 3.15. The van der Waals surface area contributed by atoms with Crippen molar-refractivity contribution in [2.75, 3.05) is 6.61 Å². The lowest BCUT2D eigenvalue weighted by Crippen LogP contribution is -2.34. The van der Waals surface area contributed by atoms with Crippen LogP contribution >= 0.6 is 0 Å². The molecule has 0 saturated heterocycles. The molecule has 5 heteroatoms. The first-order valence-corrected chi connectivity index (χ1v) is 5.03. The van der Waals surface area contributed by atoms with E-state index in [9.17, 15) is 14.4 Å². The molecule has 0 aliphatic heterocycles. The van der Waals surface area contributed by atoms with Crippen molar-refractivity contribution in [1.82, 2.24) is 0 Å². The molecule has 1 atom stereocenters. The van der Waals surface area contributed by atoms with E-state index in [1.54, 1.807) is 0 Å². The molecule has 0 spiro atoms. The molecule has 90 valence electrons. The Kier molecular flexibility index (Phi) is 6.83. The Balaban J connectivity index is 4.30. The molecule has 0 saturated carbocycles. The van der Waals surface area contributed by atoms with Gasteiger partial charge in [-0.3, -0.25) is 4.79 Å². The van der Waals surface area contributed by atoms with Crippen LogP contribution < -0.4 is 0 Å². The third-order valence-corrected chi connectivity index (χ3v) is 1.73. The summed E-state index contributed by atoms with van der Waals surface area (Å²) in [6.07, 6.45) is 0.966. The predicted molar refractivity (Wildman–Crippen MR) is 56.6 cm³/mol. The topological polar surface area (TPSA) is 69.7 Å². The number of unbranched alkanes of at least 4 members (excludes halogenated alkanes) is 1. The third kappa shape index (κ3) is 5.29. The van der Waals surface area contributed by atoms with E-state index in [2.05, 4.69) is 11.3 Å². The normalized spacial score (nSPS) is 11.4. The minimum atomic E-state index is -1.48. The van der Waals surface area contributed by atoms with Crippen LogP contribution in [0.25, 0.3) is 0 Å². The van der Waals surface area contributed by atoms with Crippen LogP contribution in [0.3, 0.4) is 0 Å². The van der Waals surface area contributed by atoms with E-state index < -0.39 is 23.8 Å². The van der Waals surface area contributed by atoms with Crippen LogP contribution in [-0.4, -0.2) is 30.4 Å². The van der Waals surface area contributed by atoms with Crippen molar-refractivity contribution in [3.63, 3.8) is 0 Å². The molecule has 5 nitrogen and oxygen atoms in total. The summed E-state index contributed by atoms with van der Waals surface area (Å²) < 4.78 is 9.35. The second-order valence-corrected chi connectivity index (χ2v) is 3.15. The summed E-state index contributed by atoms with van der Waals surface area (Å²) in [6.45, 7) is 6.48. The number of rotatable bonds is 7. The van der Waals surface area contributed by atoms with Gasteiger partial charge in [-0.15, -0.1) is 0 Å². The highest BCUT2D eigenvalue weighted by atomic mass is 16.6.